The monoisotopic (exact) mass is 532 g/mol. The number of esters is 3. The van der Waals surface area contributed by atoms with Crippen LogP contribution in [0.2, 0.25) is 0 Å². The average Bonchev–Trinajstić information content (AvgIpc) is 3.26. The second kappa shape index (κ2) is 13.3. The zero-order valence-electron chi connectivity index (χ0n) is 20.8. The van der Waals surface area contributed by atoms with Crippen molar-refractivity contribution >= 4 is 41.4 Å². The van der Waals surface area contributed by atoms with E-state index in [-0.39, 0.29) is 24.6 Å². The molecule has 1 aromatic heterocycles. The van der Waals surface area contributed by atoms with E-state index >= 15 is 0 Å². The van der Waals surface area contributed by atoms with Crippen molar-refractivity contribution in [3.05, 3.63) is 0 Å². The summed E-state index contributed by atoms with van der Waals surface area (Å²) < 4.78 is 34.6. The highest BCUT2D eigenvalue weighted by Crippen LogP contribution is 2.26. The largest absolute Gasteiger partial charge is 0.478 e. The van der Waals surface area contributed by atoms with Crippen molar-refractivity contribution in [2.75, 3.05) is 44.4 Å². The molecule has 1 aliphatic heterocycles. The third-order valence-corrected chi connectivity index (χ3v) is 5.14. The van der Waals surface area contributed by atoms with Crippen LogP contribution < -0.4 is 15.0 Å². The van der Waals surface area contributed by atoms with E-state index in [1.54, 1.807) is 0 Å². The Morgan fingerprint density at radius 3 is 2.22 bits per heavy atom. The fourth-order valence-corrected chi connectivity index (χ4v) is 3.55. The first-order valence-corrected chi connectivity index (χ1v) is 11.9. The van der Waals surface area contributed by atoms with Crippen LogP contribution in [0, 0.1) is 0 Å². The van der Waals surface area contributed by atoms with Gasteiger partial charge in [-0.3, -0.25) is 9.59 Å². The lowest BCUT2D eigenvalue weighted by Crippen LogP contribution is -2.49. The molecule has 1 aliphatic rings. The summed E-state index contributed by atoms with van der Waals surface area (Å²) in [5.41, 5.74) is -0.359. The van der Waals surface area contributed by atoms with Crippen molar-refractivity contribution in [2.24, 2.45) is 0 Å². The van der Waals surface area contributed by atoms with Gasteiger partial charge in [-0.05, 0) is 20.8 Å². The van der Waals surface area contributed by atoms with Gasteiger partial charge in [-0.15, -0.1) is 4.37 Å². The zero-order valence-corrected chi connectivity index (χ0v) is 21.7. The van der Waals surface area contributed by atoms with Crippen LogP contribution >= 0.6 is 11.7 Å². The Morgan fingerprint density at radius 1 is 1.06 bits per heavy atom. The summed E-state index contributed by atoms with van der Waals surface area (Å²) >= 11 is 0.965. The van der Waals surface area contributed by atoms with Crippen LogP contribution in [0.25, 0.3) is 0 Å². The van der Waals surface area contributed by atoms with Crippen molar-refractivity contribution < 1.29 is 48.0 Å². The molecule has 3 atom stereocenters. The topological polar surface area (TPSA) is 176 Å². The van der Waals surface area contributed by atoms with E-state index in [9.17, 15) is 24.3 Å². The molecular weight excluding hydrogens is 500 g/mol. The molecule has 1 aromatic rings. The first kappa shape index (κ1) is 29.2. The Labute approximate surface area is 212 Å². The van der Waals surface area contributed by atoms with Crippen molar-refractivity contribution in [1.82, 2.24) is 14.1 Å². The Bertz CT molecular complexity index is 913. The van der Waals surface area contributed by atoms with Crippen molar-refractivity contribution in [1.29, 1.82) is 0 Å². The van der Waals surface area contributed by atoms with Gasteiger partial charge in [0.05, 0.1) is 24.9 Å². The molecule has 0 saturated carbocycles. The van der Waals surface area contributed by atoms with Gasteiger partial charge in [-0.2, -0.15) is 4.37 Å². The Morgan fingerprint density at radius 2 is 1.67 bits per heavy atom. The molecule has 1 saturated heterocycles. The van der Waals surface area contributed by atoms with Gasteiger partial charge in [0.15, 0.2) is 0 Å². The van der Waals surface area contributed by atoms with Crippen molar-refractivity contribution in [2.45, 2.75) is 58.5 Å². The molecule has 0 bridgehead atoms. The highest BCUT2D eigenvalue weighted by molar-refractivity contribution is 6.99. The van der Waals surface area contributed by atoms with Gasteiger partial charge >= 0.3 is 23.9 Å². The quantitative estimate of drug-likeness (QED) is 0.272. The summed E-state index contributed by atoms with van der Waals surface area (Å²) in [7, 11) is 0. The summed E-state index contributed by atoms with van der Waals surface area (Å²) in [6.07, 6.45) is -5.07. The van der Waals surface area contributed by atoms with Crippen LogP contribution in [-0.4, -0.2) is 101 Å². The molecule has 3 unspecified atom stereocenters. The van der Waals surface area contributed by atoms with Crippen LogP contribution in [0.5, 0.6) is 5.88 Å². The van der Waals surface area contributed by atoms with Crippen LogP contribution in [0.3, 0.4) is 0 Å². The van der Waals surface area contributed by atoms with Gasteiger partial charge in [-0.25, -0.2) is 9.59 Å². The van der Waals surface area contributed by atoms with E-state index in [0.29, 0.717) is 32.1 Å². The molecule has 0 radical (unpaired) electrons. The second-order valence-electron chi connectivity index (χ2n) is 8.89. The van der Waals surface area contributed by atoms with Gasteiger partial charge < -0.3 is 39.0 Å². The number of rotatable bonds is 12. The number of hydrogen-bond acceptors (Lipinski definition) is 14. The van der Waals surface area contributed by atoms with Crippen molar-refractivity contribution in [3.63, 3.8) is 0 Å². The first-order chi connectivity index (χ1) is 16.9. The maximum absolute atomic E-state index is 12.9. The Kier molecular flexibility index (Phi) is 10.8. The molecule has 2 N–H and O–H groups in total. The molecule has 0 amide bonds. The first-order valence-electron chi connectivity index (χ1n) is 11.2. The summed E-state index contributed by atoms with van der Waals surface area (Å²) in [5, 5.41) is 12.6. The van der Waals surface area contributed by atoms with E-state index < -0.39 is 42.2 Å². The lowest BCUT2D eigenvalue weighted by atomic mass is 10.1. The zero-order chi connectivity index (χ0) is 26.9. The number of anilines is 1. The van der Waals surface area contributed by atoms with E-state index in [4.69, 9.17) is 23.7 Å². The number of nitrogens with one attached hydrogen (secondary N) is 1. The Balaban J connectivity index is 2.18. The number of ether oxygens (including phenoxy) is 5. The standard InChI is InChI=1S/C21H32N4O10S/c1-12(26)33-15(19(28)29)16(34-13(2)27)20(30)35-14(10-22-21(3,4)5)11-32-18-17(23-36-24-18)25-6-8-31-9-7-25/h14-16,22H,6-11H2,1-5H3,(H,28,29). The summed E-state index contributed by atoms with van der Waals surface area (Å²) in [5.74, 6) is -4.05. The number of morpholine rings is 1. The second-order valence-corrected chi connectivity index (χ2v) is 9.42. The smallest absolute Gasteiger partial charge is 0.352 e. The molecule has 36 heavy (non-hydrogen) atoms. The normalized spacial score (nSPS) is 16.4. The molecule has 202 valence electrons. The highest BCUT2D eigenvalue weighted by Gasteiger charge is 2.41. The van der Waals surface area contributed by atoms with Crippen molar-refractivity contribution in [3.8, 4) is 5.88 Å². The lowest BCUT2D eigenvalue weighted by Gasteiger charge is -2.28. The number of carbonyl (C=O) groups is 4. The SMILES string of the molecule is CC(=O)OC(C(=O)O)C(OC(C)=O)C(=O)OC(CNC(C)(C)C)COc1nsnc1N1CCOCC1. The molecule has 1 fully saturated rings. The van der Waals surface area contributed by atoms with E-state index in [2.05, 4.69) is 14.1 Å². The maximum atomic E-state index is 12.9. The minimum atomic E-state index is -2.09. The molecule has 15 heteroatoms. The summed E-state index contributed by atoms with van der Waals surface area (Å²) in [6.45, 7) is 9.89. The Hall–Kier alpha value is -3.04. The summed E-state index contributed by atoms with van der Waals surface area (Å²) in [4.78, 5) is 49.5. The molecule has 0 aliphatic carbocycles. The number of aliphatic carboxylic acids is 1. The molecule has 2 rings (SSSR count). The minimum Gasteiger partial charge on any atom is -0.478 e. The van der Waals surface area contributed by atoms with Gasteiger partial charge in [-0.1, -0.05) is 0 Å². The van der Waals surface area contributed by atoms with Crippen LogP contribution in [0.4, 0.5) is 5.82 Å². The minimum absolute atomic E-state index is 0.109. The third kappa shape index (κ3) is 9.54. The van der Waals surface area contributed by atoms with Crippen LogP contribution in [0.15, 0.2) is 0 Å². The maximum Gasteiger partial charge on any atom is 0.352 e. The fraction of sp³-hybridized carbons (Fsp3) is 0.714. The predicted octanol–water partition coefficient (Wildman–Crippen LogP) is 0.00140. The van der Waals surface area contributed by atoms with E-state index in [1.807, 2.05) is 25.7 Å². The number of carboxylic acid groups (broad SMARTS) is 1. The molecule has 0 aromatic carbocycles. The van der Waals surface area contributed by atoms with Crippen LogP contribution in [0.1, 0.15) is 34.6 Å². The number of aromatic nitrogens is 2. The fourth-order valence-electron chi connectivity index (χ4n) is 3.03. The average molecular weight is 533 g/mol. The van der Waals surface area contributed by atoms with Gasteiger partial charge in [0.2, 0.25) is 18.0 Å². The third-order valence-electron chi connectivity index (χ3n) is 4.64. The molecule has 2 heterocycles. The number of nitrogens with zero attached hydrogens (tertiary/aromatic N) is 3. The van der Waals surface area contributed by atoms with Crippen LogP contribution in [-0.2, 0) is 38.1 Å². The molecule has 0 spiro atoms. The number of carbonyl (C=O) groups excluding carboxylic acids is 3. The highest BCUT2D eigenvalue weighted by atomic mass is 32.1. The lowest BCUT2D eigenvalue weighted by molar-refractivity contribution is -0.191. The molecular formula is C21H32N4O10S. The number of hydrogen-bond donors (Lipinski definition) is 2. The van der Waals surface area contributed by atoms with Gasteiger partial charge in [0.1, 0.15) is 12.7 Å². The van der Waals surface area contributed by atoms with Gasteiger partial charge in [0.25, 0.3) is 5.88 Å². The summed E-state index contributed by atoms with van der Waals surface area (Å²) in [6, 6.07) is 0. The van der Waals surface area contributed by atoms with Gasteiger partial charge in [0, 0.05) is 39.0 Å². The van der Waals surface area contributed by atoms with E-state index in [0.717, 1.165) is 25.6 Å². The van der Waals surface area contributed by atoms with E-state index in [1.165, 1.54) is 0 Å². The molecule has 14 nitrogen and oxygen atoms in total. The number of carboxylic acids is 1. The predicted molar refractivity (Wildman–Crippen MR) is 125 cm³/mol.